The van der Waals surface area contributed by atoms with Crippen LogP contribution in [0.25, 0.3) is 11.0 Å². The third-order valence-corrected chi connectivity index (χ3v) is 4.12. The number of hydrogen-bond donors (Lipinski definition) is 2. The van der Waals surface area contributed by atoms with E-state index in [-0.39, 0.29) is 5.91 Å². The molecule has 1 aliphatic heterocycles. The third kappa shape index (κ3) is 3.42. The number of rotatable bonds is 4. The molecule has 1 fully saturated rings. The Morgan fingerprint density at radius 1 is 1.43 bits per heavy atom. The smallest absolute Gasteiger partial charge is 0.221 e. The molecular formula is C16H21N3O2. The molecule has 0 atom stereocenters. The maximum Gasteiger partial charge on any atom is 0.221 e. The minimum Gasteiger partial charge on any atom is -0.356 e. The maximum absolute atomic E-state index is 11.1. The molecule has 1 aromatic heterocycles. The van der Waals surface area contributed by atoms with Crippen molar-refractivity contribution in [1.29, 1.82) is 0 Å². The van der Waals surface area contributed by atoms with Crippen molar-refractivity contribution in [3.05, 3.63) is 23.9 Å². The van der Waals surface area contributed by atoms with Crippen molar-refractivity contribution in [3.63, 3.8) is 0 Å². The Morgan fingerprint density at radius 3 is 3.00 bits per heavy atom. The number of nitrogens with one attached hydrogen (secondary N) is 2. The predicted octanol–water partition coefficient (Wildman–Crippen LogP) is 2.72. The highest BCUT2D eigenvalue weighted by Gasteiger charge is 2.15. The lowest BCUT2D eigenvalue weighted by molar-refractivity contribution is -0.114. The topological polar surface area (TPSA) is 67.2 Å². The zero-order chi connectivity index (χ0) is 14.7. The van der Waals surface area contributed by atoms with Crippen LogP contribution in [0.5, 0.6) is 0 Å². The monoisotopic (exact) mass is 287 g/mol. The van der Waals surface area contributed by atoms with Crippen molar-refractivity contribution in [2.24, 2.45) is 5.92 Å². The van der Waals surface area contributed by atoms with Crippen molar-refractivity contribution in [2.45, 2.75) is 32.6 Å². The molecule has 1 amide bonds. The van der Waals surface area contributed by atoms with Gasteiger partial charge in [-0.2, -0.15) is 0 Å². The molecule has 2 N–H and O–H groups in total. The van der Waals surface area contributed by atoms with Gasteiger partial charge in [0.2, 0.25) is 5.91 Å². The van der Waals surface area contributed by atoms with Crippen LogP contribution >= 0.6 is 0 Å². The van der Waals surface area contributed by atoms with E-state index >= 15 is 0 Å². The van der Waals surface area contributed by atoms with Gasteiger partial charge in [-0.25, -0.2) is 0 Å². The maximum atomic E-state index is 11.1. The molecule has 2 aromatic rings. The van der Waals surface area contributed by atoms with Crippen LogP contribution in [0.2, 0.25) is 0 Å². The van der Waals surface area contributed by atoms with Crippen LogP contribution in [0.15, 0.2) is 22.7 Å². The molecule has 112 valence electrons. The van der Waals surface area contributed by atoms with Crippen molar-refractivity contribution >= 4 is 22.6 Å². The highest BCUT2D eigenvalue weighted by Crippen LogP contribution is 2.25. The van der Waals surface area contributed by atoms with Crippen molar-refractivity contribution in [1.82, 2.24) is 10.5 Å². The average Bonchev–Trinajstić information content (AvgIpc) is 2.88. The minimum atomic E-state index is -0.0833. The Bertz CT molecular complexity index is 629. The molecule has 0 aliphatic carbocycles. The SMILES string of the molecule is CC(=O)Nc1ccc2c(CCC3CCNCC3)noc2c1. The second-order valence-electron chi connectivity index (χ2n) is 5.75. The van der Waals surface area contributed by atoms with Crippen LogP contribution in [-0.4, -0.2) is 24.2 Å². The zero-order valence-electron chi connectivity index (χ0n) is 12.3. The standard InChI is InChI=1S/C16H21N3O2/c1-11(20)18-13-3-4-14-15(19-21-16(14)10-13)5-2-12-6-8-17-9-7-12/h3-4,10,12,17H,2,5-9H2,1H3,(H,18,20). The molecule has 0 bridgehead atoms. The summed E-state index contributed by atoms with van der Waals surface area (Å²) in [6, 6.07) is 5.71. The van der Waals surface area contributed by atoms with Crippen LogP contribution in [0, 0.1) is 5.92 Å². The van der Waals surface area contributed by atoms with Crippen LogP contribution in [-0.2, 0) is 11.2 Å². The molecule has 21 heavy (non-hydrogen) atoms. The number of carbonyl (C=O) groups is 1. The summed E-state index contributed by atoms with van der Waals surface area (Å²) in [6.45, 7) is 3.75. The molecule has 3 rings (SSSR count). The summed E-state index contributed by atoms with van der Waals surface area (Å²) in [4.78, 5) is 11.1. The van der Waals surface area contributed by atoms with E-state index in [9.17, 15) is 4.79 Å². The number of piperidine rings is 1. The minimum absolute atomic E-state index is 0.0833. The lowest BCUT2D eigenvalue weighted by atomic mass is 9.92. The van der Waals surface area contributed by atoms with E-state index in [0.717, 1.165) is 54.2 Å². The van der Waals surface area contributed by atoms with Crippen LogP contribution in [0.1, 0.15) is 31.9 Å². The Hall–Kier alpha value is -1.88. The number of aryl methyl sites for hydroxylation is 1. The number of fused-ring (bicyclic) bond motifs is 1. The fourth-order valence-corrected chi connectivity index (χ4v) is 2.96. The normalized spacial score (nSPS) is 16.2. The number of nitrogens with zero attached hydrogens (tertiary/aromatic N) is 1. The lowest BCUT2D eigenvalue weighted by Gasteiger charge is -2.21. The Balaban J connectivity index is 1.69. The molecule has 1 aromatic carbocycles. The first kappa shape index (κ1) is 14.1. The molecular weight excluding hydrogens is 266 g/mol. The summed E-state index contributed by atoms with van der Waals surface area (Å²) in [7, 11) is 0. The Morgan fingerprint density at radius 2 is 2.24 bits per heavy atom. The highest BCUT2D eigenvalue weighted by molar-refractivity contribution is 5.92. The molecule has 0 saturated carbocycles. The fourth-order valence-electron chi connectivity index (χ4n) is 2.96. The van der Waals surface area contributed by atoms with E-state index in [1.807, 2.05) is 18.2 Å². The van der Waals surface area contributed by atoms with Gasteiger partial charge in [0.05, 0.1) is 5.69 Å². The van der Waals surface area contributed by atoms with Gasteiger partial charge < -0.3 is 15.2 Å². The fraction of sp³-hybridized carbons (Fsp3) is 0.500. The molecule has 0 radical (unpaired) electrons. The molecule has 5 heteroatoms. The van der Waals surface area contributed by atoms with Gasteiger partial charge in [0.15, 0.2) is 5.58 Å². The summed E-state index contributed by atoms with van der Waals surface area (Å²) < 4.78 is 5.40. The first-order chi connectivity index (χ1) is 10.2. The summed E-state index contributed by atoms with van der Waals surface area (Å²) >= 11 is 0. The molecule has 0 spiro atoms. The van der Waals surface area contributed by atoms with Gasteiger partial charge in [-0.05, 0) is 56.8 Å². The zero-order valence-corrected chi connectivity index (χ0v) is 12.3. The van der Waals surface area contributed by atoms with Gasteiger partial charge in [-0.15, -0.1) is 0 Å². The summed E-state index contributed by atoms with van der Waals surface area (Å²) in [5.41, 5.74) is 2.51. The number of carbonyl (C=O) groups excluding carboxylic acids is 1. The predicted molar refractivity (Wildman–Crippen MR) is 82.2 cm³/mol. The van der Waals surface area contributed by atoms with Crippen LogP contribution in [0.4, 0.5) is 5.69 Å². The largest absolute Gasteiger partial charge is 0.356 e. The van der Waals surface area contributed by atoms with E-state index in [1.54, 1.807) is 0 Å². The quantitative estimate of drug-likeness (QED) is 0.907. The molecule has 0 unspecified atom stereocenters. The molecule has 5 nitrogen and oxygen atoms in total. The van der Waals surface area contributed by atoms with Crippen molar-refractivity contribution in [2.75, 3.05) is 18.4 Å². The Kier molecular flexibility index (Phi) is 4.20. The van der Waals surface area contributed by atoms with Gasteiger partial charge in [-0.1, -0.05) is 5.16 Å². The molecule has 2 heterocycles. The lowest BCUT2D eigenvalue weighted by Crippen LogP contribution is -2.27. The van der Waals surface area contributed by atoms with E-state index in [4.69, 9.17) is 4.52 Å². The average molecular weight is 287 g/mol. The number of aromatic nitrogens is 1. The number of hydrogen-bond acceptors (Lipinski definition) is 4. The summed E-state index contributed by atoms with van der Waals surface area (Å²) in [5, 5.41) is 11.4. The Labute approximate surface area is 124 Å². The second-order valence-corrected chi connectivity index (χ2v) is 5.75. The van der Waals surface area contributed by atoms with Crippen molar-refractivity contribution < 1.29 is 9.32 Å². The first-order valence-corrected chi connectivity index (χ1v) is 7.59. The summed E-state index contributed by atoms with van der Waals surface area (Å²) in [6.07, 6.45) is 4.62. The van der Waals surface area contributed by atoms with E-state index in [1.165, 1.54) is 19.8 Å². The van der Waals surface area contributed by atoms with E-state index in [2.05, 4.69) is 15.8 Å². The highest BCUT2D eigenvalue weighted by atomic mass is 16.5. The number of anilines is 1. The van der Waals surface area contributed by atoms with Crippen molar-refractivity contribution in [3.8, 4) is 0 Å². The second kappa shape index (κ2) is 6.26. The molecule has 1 aliphatic rings. The first-order valence-electron chi connectivity index (χ1n) is 7.59. The van der Waals surface area contributed by atoms with Gasteiger partial charge in [0.25, 0.3) is 0 Å². The van der Waals surface area contributed by atoms with Gasteiger partial charge in [0, 0.05) is 24.1 Å². The van der Waals surface area contributed by atoms with Gasteiger partial charge >= 0.3 is 0 Å². The van der Waals surface area contributed by atoms with Gasteiger partial charge in [-0.3, -0.25) is 4.79 Å². The van der Waals surface area contributed by atoms with E-state index < -0.39 is 0 Å². The van der Waals surface area contributed by atoms with Crippen LogP contribution in [0.3, 0.4) is 0 Å². The third-order valence-electron chi connectivity index (χ3n) is 4.12. The van der Waals surface area contributed by atoms with Crippen LogP contribution < -0.4 is 10.6 Å². The molecule has 1 saturated heterocycles. The number of amides is 1. The summed E-state index contributed by atoms with van der Waals surface area (Å²) in [5.74, 6) is 0.705. The van der Waals surface area contributed by atoms with Gasteiger partial charge in [0.1, 0.15) is 0 Å². The van der Waals surface area contributed by atoms with E-state index in [0.29, 0.717) is 0 Å². The number of benzene rings is 1.